The van der Waals surface area contributed by atoms with Gasteiger partial charge in [0.15, 0.2) is 0 Å². The van der Waals surface area contributed by atoms with E-state index in [1.165, 1.54) is 82.5 Å². The van der Waals surface area contributed by atoms with Crippen molar-refractivity contribution in [1.29, 1.82) is 0 Å². The molecule has 0 fully saturated rings. The van der Waals surface area contributed by atoms with E-state index in [-0.39, 0.29) is 0 Å². The first-order valence-corrected chi connectivity index (χ1v) is 10.3. The highest BCUT2D eigenvalue weighted by Crippen LogP contribution is 2.44. The Hall–Kier alpha value is -2.41. The Bertz CT molecular complexity index is 1230. The molecule has 144 valence electrons. The fourth-order valence-electron chi connectivity index (χ4n) is 4.97. The standard InChI is InChI=1S/C27H31N/c1-12-11-22-23(17(6)13(12)2)24-18(7)14(3)15(4)19(8)25(24)26-20(9)16(5)21(10)28-27(22)26/h11H,1-10H3. The van der Waals surface area contributed by atoms with Crippen LogP contribution in [0.3, 0.4) is 0 Å². The van der Waals surface area contributed by atoms with Gasteiger partial charge in [-0.05, 0) is 142 Å². The molecular weight excluding hydrogens is 338 g/mol. The van der Waals surface area contributed by atoms with Crippen LogP contribution in [-0.2, 0) is 0 Å². The van der Waals surface area contributed by atoms with Crippen molar-refractivity contribution in [3.05, 3.63) is 61.8 Å². The lowest BCUT2D eigenvalue weighted by Crippen LogP contribution is -2.02. The van der Waals surface area contributed by atoms with E-state index in [0.29, 0.717) is 0 Å². The maximum Gasteiger partial charge on any atom is 0.0793 e. The highest BCUT2D eigenvalue weighted by atomic mass is 14.7. The van der Waals surface area contributed by atoms with Gasteiger partial charge in [-0.3, -0.25) is 4.98 Å². The molecule has 0 aliphatic heterocycles. The summed E-state index contributed by atoms with van der Waals surface area (Å²) in [4.78, 5) is 5.15. The minimum Gasteiger partial charge on any atom is -0.252 e. The van der Waals surface area contributed by atoms with E-state index in [0.717, 1.165) is 5.69 Å². The third-order valence-corrected chi connectivity index (χ3v) is 7.60. The molecule has 0 saturated carbocycles. The summed E-state index contributed by atoms with van der Waals surface area (Å²) in [5.74, 6) is 0. The molecule has 4 aromatic rings. The van der Waals surface area contributed by atoms with Crippen LogP contribution in [0, 0.1) is 69.2 Å². The Balaban J connectivity index is 2.58. The fraction of sp³-hybridized carbons (Fsp3) is 0.370. The van der Waals surface area contributed by atoms with Crippen molar-refractivity contribution in [3.63, 3.8) is 0 Å². The number of rotatable bonds is 0. The molecule has 1 heterocycles. The molecule has 1 heteroatoms. The first-order valence-electron chi connectivity index (χ1n) is 10.3. The molecule has 0 radical (unpaired) electrons. The van der Waals surface area contributed by atoms with Gasteiger partial charge in [-0.1, -0.05) is 0 Å². The van der Waals surface area contributed by atoms with Gasteiger partial charge >= 0.3 is 0 Å². The van der Waals surface area contributed by atoms with Gasteiger partial charge in [0.2, 0.25) is 0 Å². The molecule has 0 amide bonds. The van der Waals surface area contributed by atoms with Crippen LogP contribution in [0.15, 0.2) is 6.07 Å². The summed E-state index contributed by atoms with van der Waals surface area (Å²) in [5, 5.41) is 6.88. The van der Waals surface area contributed by atoms with Gasteiger partial charge in [0.05, 0.1) is 5.52 Å². The Morgan fingerprint density at radius 1 is 0.464 bits per heavy atom. The van der Waals surface area contributed by atoms with Crippen LogP contribution in [0.2, 0.25) is 0 Å². The van der Waals surface area contributed by atoms with Crippen molar-refractivity contribution < 1.29 is 0 Å². The quantitative estimate of drug-likeness (QED) is 0.290. The van der Waals surface area contributed by atoms with Gasteiger partial charge in [0, 0.05) is 16.5 Å². The van der Waals surface area contributed by atoms with Crippen LogP contribution in [0.5, 0.6) is 0 Å². The summed E-state index contributed by atoms with van der Waals surface area (Å²) in [6.45, 7) is 22.5. The van der Waals surface area contributed by atoms with Crippen molar-refractivity contribution in [1.82, 2.24) is 4.98 Å². The van der Waals surface area contributed by atoms with Crippen molar-refractivity contribution in [2.24, 2.45) is 0 Å². The zero-order valence-corrected chi connectivity index (χ0v) is 19.0. The fourth-order valence-corrected chi connectivity index (χ4v) is 4.97. The Morgan fingerprint density at radius 2 is 0.929 bits per heavy atom. The zero-order valence-electron chi connectivity index (χ0n) is 19.0. The molecule has 28 heavy (non-hydrogen) atoms. The van der Waals surface area contributed by atoms with Crippen molar-refractivity contribution in [2.45, 2.75) is 69.2 Å². The number of pyridine rings is 1. The molecule has 0 N–H and O–H groups in total. The van der Waals surface area contributed by atoms with Gasteiger partial charge in [-0.2, -0.15) is 0 Å². The number of hydrogen-bond acceptors (Lipinski definition) is 1. The van der Waals surface area contributed by atoms with Gasteiger partial charge in [0.25, 0.3) is 0 Å². The average molecular weight is 370 g/mol. The Morgan fingerprint density at radius 3 is 1.50 bits per heavy atom. The summed E-state index contributed by atoms with van der Waals surface area (Å²) in [7, 11) is 0. The van der Waals surface area contributed by atoms with Crippen LogP contribution < -0.4 is 0 Å². The summed E-state index contributed by atoms with van der Waals surface area (Å²) in [6.07, 6.45) is 0. The predicted octanol–water partition coefficient (Wildman–Crippen LogP) is 7.63. The van der Waals surface area contributed by atoms with Gasteiger partial charge in [0.1, 0.15) is 0 Å². The van der Waals surface area contributed by atoms with E-state index in [2.05, 4.69) is 75.3 Å². The molecule has 0 atom stereocenters. The van der Waals surface area contributed by atoms with Crippen molar-refractivity contribution >= 4 is 32.4 Å². The van der Waals surface area contributed by atoms with E-state index in [1.54, 1.807) is 0 Å². The largest absolute Gasteiger partial charge is 0.252 e. The van der Waals surface area contributed by atoms with Crippen LogP contribution in [-0.4, -0.2) is 4.98 Å². The molecule has 0 saturated heterocycles. The second kappa shape index (κ2) is 6.04. The molecule has 1 aromatic heterocycles. The van der Waals surface area contributed by atoms with E-state index in [9.17, 15) is 0 Å². The van der Waals surface area contributed by atoms with E-state index < -0.39 is 0 Å². The van der Waals surface area contributed by atoms with Crippen molar-refractivity contribution in [2.75, 3.05) is 0 Å². The maximum atomic E-state index is 5.15. The van der Waals surface area contributed by atoms with E-state index in [4.69, 9.17) is 4.98 Å². The average Bonchev–Trinajstić information content (AvgIpc) is 2.66. The lowest BCUT2D eigenvalue weighted by Gasteiger charge is -2.23. The highest BCUT2D eigenvalue weighted by molar-refractivity contribution is 6.28. The molecular formula is C27H31N. The third kappa shape index (κ3) is 2.22. The SMILES string of the molecule is Cc1cc2c3nc(C)c(C)c(C)c3c3c(C)c(C)c(C)c(C)c3c2c(C)c1C. The first-order chi connectivity index (χ1) is 13.1. The van der Waals surface area contributed by atoms with Crippen LogP contribution in [0.1, 0.15) is 55.8 Å². The summed E-state index contributed by atoms with van der Waals surface area (Å²) < 4.78 is 0. The molecule has 1 nitrogen and oxygen atoms in total. The first kappa shape index (κ1) is 18.9. The molecule has 0 bridgehead atoms. The molecule has 4 rings (SSSR count). The van der Waals surface area contributed by atoms with Crippen LogP contribution >= 0.6 is 0 Å². The van der Waals surface area contributed by atoms with Crippen molar-refractivity contribution in [3.8, 4) is 0 Å². The lowest BCUT2D eigenvalue weighted by molar-refractivity contribution is 1.17. The number of aromatic nitrogens is 1. The molecule has 0 spiro atoms. The Kier molecular flexibility index (Phi) is 4.08. The number of hydrogen-bond donors (Lipinski definition) is 0. The second-order valence-electron chi connectivity index (χ2n) is 8.79. The van der Waals surface area contributed by atoms with E-state index in [1.807, 2.05) is 0 Å². The minimum absolute atomic E-state index is 1.14. The lowest BCUT2D eigenvalue weighted by atomic mass is 9.82. The third-order valence-electron chi connectivity index (χ3n) is 7.60. The zero-order chi connectivity index (χ0) is 20.7. The second-order valence-corrected chi connectivity index (χ2v) is 8.79. The van der Waals surface area contributed by atoms with Crippen LogP contribution in [0.25, 0.3) is 32.4 Å². The highest BCUT2D eigenvalue weighted by Gasteiger charge is 2.21. The molecule has 0 aliphatic carbocycles. The normalized spacial score (nSPS) is 11.9. The summed E-state index contributed by atoms with van der Waals surface area (Å²) in [6, 6.07) is 2.37. The number of fused-ring (bicyclic) bond motifs is 6. The monoisotopic (exact) mass is 369 g/mol. The van der Waals surface area contributed by atoms with Gasteiger partial charge in [-0.25, -0.2) is 0 Å². The molecule has 3 aromatic carbocycles. The van der Waals surface area contributed by atoms with Crippen LogP contribution in [0.4, 0.5) is 0 Å². The minimum atomic E-state index is 1.14. The predicted molar refractivity (Wildman–Crippen MR) is 124 cm³/mol. The smallest absolute Gasteiger partial charge is 0.0793 e. The maximum absolute atomic E-state index is 5.15. The number of benzene rings is 3. The number of nitrogens with zero attached hydrogens (tertiary/aromatic N) is 1. The molecule has 0 unspecified atom stereocenters. The number of aryl methyl sites for hydroxylation is 6. The summed E-state index contributed by atoms with van der Waals surface area (Å²) in [5.41, 5.74) is 14.8. The Labute approximate surface area is 168 Å². The topological polar surface area (TPSA) is 12.9 Å². The summed E-state index contributed by atoms with van der Waals surface area (Å²) >= 11 is 0. The van der Waals surface area contributed by atoms with E-state index >= 15 is 0 Å². The van der Waals surface area contributed by atoms with Gasteiger partial charge < -0.3 is 0 Å². The van der Waals surface area contributed by atoms with Gasteiger partial charge in [-0.15, -0.1) is 0 Å². The molecule has 0 aliphatic rings.